The molecule has 4 aromatic heterocycles. The second kappa shape index (κ2) is 9.58. The number of carbonyl (C=O) groups excluding carboxylic acids is 1. The van der Waals surface area contributed by atoms with Crippen LogP contribution in [0.4, 0.5) is 13.2 Å². The number of sulfone groups is 1. The second-order valence-electron chi connectivity index (χ2n) is 9.71. The summed E-state index contributed by atoms with van der Waals surface area (Å²) in [5.74, 6) is -1.16. The number of aromatic nitrogens is 4. The predicted octanol–water partition coefficient (Wildman–Crippen LogP) is 2.93. The molecule has 10 nitrogen and oxygen atoms in total. The third-order valence-electron chi connectivity index (χ3n) is 7.18. The van der Waals surface area contributed by atoms with E-state index in [2.05, 4.69) is 10.3 Å². The molecule has 1 aromatic carbocycles. The van der Waals surface area contributed by atoms with Gasteiger partial charge in [-0.25, -0.2) is 18.2 Å². The molecular weight excluding hydrogens is 563 g/mol. The maximum absolute atomic E-state index is 14.0. The zero-order valence-corrected chi connectivity index (χ0v) is 22.1. The fourth-order valence-corrected chi connectivity index (χ4v) is 7.19. The molecule has 14 heteroatoms. The van der Waals surface area contributed by atoms with Crippen LogP contribution < -0.4 is 16.6 Å². The number of imidazole rings is 1. The molecule has 1 N–H and O–H groups in total. The highest BCUT2D eigenvalue weighted by atomic mass is 32.2. The van der Waals surface area contributed by atoms with Gasteiger partial charge in [-0.05, 0) is 30.5 Å². The highest BCUT2D eigenvalue weighted by molar-refractivity contribution is 7.91. The molecule has 0 saturated carbocycles. The van der Waals surface area contributed by atoms with E-state index in [4.69, 9.17) is 0 Å². The summed E-state index contributed by atoms with van der Waals surface area (Å²) in [4.78, 5) is 43.9. The van der Waals surface area contributed by atoms with Gasteiger partial charge >= 0.3 is 11.9 Å². The van der Waals surface area contributed by atoms with E-state index >= 15 is 0 Å². The number of nitrogens with zero attached hydrogens (tertiary/aromatic N) is 4. The third kappa shape index (κ3) is 4.29. The van der Waals surface area contributed by atoms with E-state index in [-0.39, 0.29) is 65.5 Å². The topological polar surface area (TPSA) is 125 Å². The Labute approximate surface area is 229 Å². The molecule has 6 rings (SSSR count). The number of hydrogen-bond acceptors (Lipinski definition) is 6. The van der Waals surface area contributed by atoms with Crippen molar-refractivity contribution < 1.29 is 26.4 Å². The molecule has 0 aliphatic carbocycles. The number of hydrogen-bond donors (Lipinski definition) is 1. The molecule has 5 aromatic rings. The van der Waals surface area contributed by atoms with E-state index in [9.17, 15) is 36.0 Å². The highest BCUT2D eigenvalue weighted by Gasteiger charge is 2.41. The number of alkyl halides is 3. The lowest BCUT2D eigenvalue weighted by Crippen LogP contribution is -2.45. The van der Waals surface area contributed by atoms with E-state index in [0.717, 1.165) is 9.13 Å². The Kier molecular flexibility index (Phi) is 6.25. The summed E-state index contributed by atoms with van der Waals surface area (Å²) in [5, 5.41) is 2.16. The Morgan fingerprint density at radius 3 is 2.51 bits per heavy atom. The van der Waals surface area contributed by atoms with Crippen LogP contribution in [0.2, 0.25) is 0 Å². The van der Waals surface area contributed by atoms with Crippen LogP contribution in [0.1, 0.15) is 28.8 Å². The standard InChI is InChI=1S/C27H22F3N5O5S/c28-27(29,30)22-17-9-4-10-19-32-15-18(35(17)19)21(22)23(36)31-11-5-12-33-24(37)20(16-7-2-1-3-8-16)25-34(26(33)38)13-6-14-41(25,39)40/h1-4,7-10,15H,5-6,11-14H2,(H,31,36). The zero-order chi connectivity index (χ0) is 29.1. The Hall–Kier alpha value is -4.46. The van der Waals surface area contributed by atoms with E-state index in [1.807, 2.05) is 0 Å². The number of rotatable bonds is 6. The number of amides is 1. The molecular formula is C27H22F3N5O5S. The second-order valence-corrected chi connectivity index (χ2v) is 11.7. The fraction of sp³-hybridized carbons (Fsp3) is 0.259. The lowest BCUT2D eigenvalue weighted by molar-refractivity contribution is -0.136. The van der Waals surface area contributed by atoms with Crippen LogP contribution in [-0.4, -0.2) is 45.1 Å². The van der Waals surface area contributed by atoms with Crippen LogP contribution in [0.25, 0.3) is 27.8 Å². The number of carbonyl (C=O) groups is 1. The Balaban J connectivity index is 1.30. The molecule has 0 unspecified atom stereocenters. The van der Waals surface area contributed by atoms with Crippen molar-refractivity contribution in [1.29, 1.82) is 0 Å². The monoisotopic (exact) mass is 585 g/mol. The molecule has 212 valence electrons. The summed E-state index contributed by atoms with van der Waals surface area (Å²) in [6, 6.07) is 12.4. The van der Waals surface area contributed by atoms with Crippen molar-refractivity contribution in [3.8, 4) is 11.1 Å². The Bertz CT molecular complexity index is 2050. The molecule has 0 fully saturated rings. The molecule has 1 aliphatic heterocycles. The summed E-state index contributed by atoms with van der Waals surface area (Å²) in [6.07, 6.45) is -3.37. The SMILES string of the molecule is O=C(NCCCn1c(=O)c(-c2ccccc2)c2n(c1=O)CCCS2(=O)=O)c1c(C(F)(F)F)c2cccc3ncc1n32. The Morgan fingerprint density at radius 1 is 1.02 bits per heavy atom. The van der Waals surface area contributed by atoms with Gasteiger partial charge in [0.15, 0.2) is 14.9 Å². The molecule has 0 saturated heterocycles. The van der Waals surface area contributed by atoms with Crippen LogP contribution in [0.15, 0.2) is 69.3 Å². The van der Waals surface area contributed by atoms with Gasteiger partial charge in [-0.1, -0.05) is 36.4 Å². The van der Waals surface area contributed by atoms with Gasteiger partial charge in [0.05, 0.1) is 39.7 Å². The zero-order valence-electron chi connectivity index (χ0n) is 21.3. The first-order valence-corrected chi connectivity index (χ1v) is 14.4. The quantitative estimate of drug-likeness (QED) is 0.241. The molecule has 41 heavy (non-hydrogen) atoms. The first kappa shape index (κ1) is 26.7. The van der Waals surface area contributed by atoms with Gasteiger partial charge in [-0.2, -0.15) is 13.2 Å². The van der Waals surface area contributed by atoms with Crippen molar-refractivity contribution in [1.82, 2.24) is 23.8 Å². The maximum Gasteiger partial charge on any atom is 0.419 e. The van der Waals surface area contributed by atoms with E-state index in [0.29, 0.717) is 5.56 Å². The summed E-state index contributed by atoms with van der Waals surface area (Å²) in [5.41, 5.74) is -2.90. The minimum Gasteiger partial charge on any atom is -0.352 e. The molecule has 1 aliphatic rings. The number of fused-ring (bicyclic) bond motifs is 1. The lowest BCUT2D eigenvalue weighted by atomic mass is 10.1. The number of benzene rings is 1. The normalized spacial score (nSPS) is 14.9. The van der Waals surface area contributed by atoms with Gasteiger partial charge in [-0.3, -0.25) is 23.1 Å². The van der Waals surface area contributed by atoms with Crippen molar-refractivity contribution in [3.63, 3.8) is 0 Å². The minimum atomic E-state index is -4.81. The predicted molar refractivity (Wildman–Crippen MR) is 143 cm³/mol. The third-order valence-corrected chi connectivity index (χ3v) is 9.02. The van der Waals surface area contributed by atoms with E-state index < -0.39 is 44.3 Å². The van der Waals surface area contributed by atoms with Crippen LogP contribution in [0, 0.1) is 0 Å². The summed E-state index contributed by atoms with van der Waals surface area (Å²) in [7, 11) is -3.89. The summed E-state index contributed by atoms with van der Waals surface area (Å²) < 4.78 is 71.2. The molecule has 0 bridgehead atoms. The van der Waals surface area contributed by atoms with Gasteiger partial charge in [0.1, 0.15) is 5.65 Å². The van der Waals surface area contributed by atoms with Crippen molar-refractivity contribution in [2.24, 2.45) is 0 Å². The molecule has 0 atom stereocenters. The summed E-state index contributed by atoms with van der Waals surface area (Å²) >= 11 is 0. The average molecular weight is 586 g/mol. The first-order valence-electron chi connectivity index (χ1n) is 12.7. The van der Waals surface area contributed by atoms with E-state index in [1.165, 1.54) is 28.8 Å². The smallest absolute Gasteiger partial charge is 0.352 e. The molecule has 1 amide bonds. The number of pyridine rings is 1. The van der Waals surface area contributed by atoms with Crippen LogP contribution >= 0.6 is 0 Å². The van der Waals surface area contributed by atoms with E-state index in [1.54, 1.807) is 30.3 Å². The van der Waals surface area contributed by atoms with Crippen molar-refractivity contribution >= 4 is 32.4 Å². The number of nitrogens with one attached hydrogen (secondary N) is 1. The van der Waals surface area contributed by atoms with Gasteiger partial charge in [0.25, 0.3) is 11.5 Å². The first-order chi connectivity index (χ1) is 19.5. The molecule has 0 radical (unpaired) electrons. The van der Waals surface area contributed by atoms with Gasteiger partial charge in [0.2, 0.25) is 0 Å². The highest BCUT2D eigenvalue weighted by Crippen LogP contribution is 2.40. The fourth-order valence-electron chi connectivity index (χ4n) is 5.47. The van der Waals surface area contributed by atoms with Gasteiger partial charge in [-0.15, -0.1) is 0 Å². The number of halogens is 3. The van der Waals surface area contributed by atoms with Crippen LogP contribution in [0.3, 0.4) is 0 Å². The average Bonchev–Trinajstić information content (AvgIpc) is 3.51. The molecule has 0 spiro atoms. The minimum absolute atomic E-state index is 0.0123. The Morgan fingerprint density at radius 2 is 1.78 bits per heavy atom. The van der Waals surface area contributed by atoms with Crippen LogP contribution in [-0.2, 0) is 29.1 Å². The van der Waals surface area contributed by atoms with Crippen molar-refractivity contribution in [2.45, 2.75) is 37.1 Å². The molecule has 5 heterocycles. The van der Waals surface area contributed by atoms with Gasteiger partial charge < -0.3 is 5.32 Å². The maximum atomic E-state index is 14.0. The van der Waals surface area contributed by atoms with Crippen molar-refractivity contribution in [3.05, 3.63) is 86.7 Å². The summed E-state index contributed by atoms with van der Waals surface area (Å²) in [6.45, 7) is -0.238. The largest absolute Gasteiger partial charge is 0.419 e. The lowest BCUT2D eigenvalue weighted by Gasteiger charge is -2.23. The van der Waals surface area contributed by atoms with Crippen LogP contribution in [0.5, 0.6) is 0 Å². The van der Waals surface area contributed by atoms with Gasteiger partial charge in [0, 0.05) is 19.6 Å². The van der Waals surface area contributed by atoms with Crippen molar-refractivity contribution in [2.75, 3.05) is 12.3 Å².